The summed E-state index contributed by atoms with van der Waals surface area (Å²) < 4.78 is 33.8. The molecule has 17 heavy (non-hydrogen) atoms. The lowest BCUT2D eigenvalue weighted by atomic mass is 10.1. The maximum atomic E-state index is 12.2. The van der Waals surface area contributed by atoms with Crippen molar-refractivity contribution in [2.75, 3.05) is 13.7 Å². The third-order valence-electron chi connectivity index (χ3n) is 2.99. The number of aliphatic hydroxyl groups is 1. The highest BCUT2D eigenvalue weighted by molar-refractivity contribution is 5.45. The summed E-state index contributed by atoms with van der Waals surface area (Å²) in [5.41, 5.74) is 0.903. The van der Waals surface area contributed by atoms with E-state index in [4.69, 9.17) is 9.84 Å². The van der Waals surface area contributed by atoms with Crippen molar-refractivity contribution in [2.45, 2.75) is 19.0 Å². The van der Waals surface area contributed by atoms with Gasteiger partial charge in [0.2, 0.25) is 0 Å². The van der Waals surface area contributed by atoms with Crippen LogP contribution in [0, 0.1) is 5.92 Å². The second kappa shape index (κ2) is 4.87. The topological polar surface area (TPSA) is 38.7 Å². The molecule has 0 bridgehead atoms. The standard InChI is InChI=1S/C12H14F2O3/c1-16-10-3-2-7(9-4-8(9)6-15)5-11(10)17-12(13)14/h2-3,5,8-9,12,15H,4,6H2,1H3. The van der Waals surface area contributed by atoms with Gasteiger partial charge in [-0.15, -0.1) is 0 Å². The Kier molecular flexibility index (Phi) is 3.47. The summed E-state index contributed by atoms with van der Waals surface area (Å²) in [6.45, 7) is -2.74. The van der Waals surface area contributed by atoms with E-state index in [-0.39, 0.29) is 29.9 Å². The van der Waals surface area contributed by atoms with Crippen molar-refractivity contribution < 1.29 is 23.4 Å². The fourth-order valence-electron chi connectivity index (χ4n) is 1.97. The van der Waals surface area contributed by atoms with Crippen molar-refractivity contribution in [3.63, 3.8) is 0 Å². The first kappa shape index (κ1) is 12.1. The van der Waals surface area contributed by atoms with Crippen LogP contribution in [0.15, 0.2) is 18.2 Å². The molecule has 0 aliphatic heterocycles. The van der Waals surface area contributed by atoms with Gasteiger partial charge < -0.3 is 14.6 Å². The van der Waals surface area contributed by atoms with Crippen molar-refractivity contribution in [1.82, 2.24) is 0 Å². The predicted octanol–water partition coefficient (Wildman–Crippen LogP) is 2.39. The van der Waals surface area contributed by atoms with E-state index in [1.165, 1.54) is 7.11 Å². The van der Waals surface area contributed by atoms with Gasteiger partial charge in [0, 0.05) is 6.61 Å². The molecule has 2 atom stereocenters. The van der Waals surface area contributed by atoms with Crippen molar-refractivity contribution in [2.24, 2.45) is 5.92 Å². The van der Waals surface area contributed by atoms with Crippen LogP contribution < -0.4 is 9.47 Å². The molecule has 0 spiro atoms. The number of methoxy groups -OCH3 is 1. The minimum atomic E-state index is -2.87. The average molecular weight is 244 g/mol. The maximum absolute atomic E-state index is 12.2. The SMILES string of the molecule is COc1ccc(C2CC2CO)cc1OC(F)F. The van der Waals surface area contributed by atoms with Gasteiger partial charge >= 0.3 is 6.61 Å². The van der Waals surface area contributed by atoms with Crippen molar-refractivity contribution in [3.05, 3.63) is 23.8 Å². The van der Waals surface area contributed by atoms with Crippen molar-refractivity contribution in [3.8, 4) is 11.5 Å². The molecular formula is C12H14F2O3. The number of hydrogen-bond acceptors (Lipinski definition) is 3. The Morgan fingerprint density at radius 1 is 1.41 bits per heavy atom. The highest BCUT2D eigenvalue weighted by Crippen LogP contribution is 2.48. The lowest BCUT2D eigenvalue weighted by Gasteiger charge is -2.11. The molecule has 1 N–H and O–H groups in total. The number of hydrogen-bond donors (Lipinski definition) is 1. The van der Waals surface area contributed by atoms with Gasteiger partial charge in [-0.05, 0) is 36.0 Å². The van der Waals surface area contributed by atoms with Crippen LogP contribution >= 0.6 is 0 Å². The molecule has 0 aromatic heterocycles. The molecular weight excluding hydrogens is 230 g/mol. The third kappa shape index (κ3) is 2.66. The molecule has 3 nitrogen and oxygen atoms in total. The summed E-state index contributed by atoms with van der Waals surface area (Å²) in [5, 5.41) is 8.98. The van der Waals surface area contributed by atoms with Crippen LogP contribution in [-0.2, 0) is 0 Å². The predicted molar refractivity (Wildman–Crippen MR) is 57.6 cm³/mol. The minimum Gasteiger partial charge on any atom is -0.493 e. The first-order valence-electron chi connectivity index (χ1n) is 5.39. The van der Waals surface area contributed by atoms with Crippen LogP contribution in [0.5, 0.6) is 11.5 Å². The Hall–Kier alpha value is -1.36. The zero-order valence-electron chi connectivity index (χ0n) is 9.40. The molecule has 5 heteroatoms. The molecule has 0 saturated heterocycles. The van der Waals surface area contributed by atoms with Crippen LogP contribution in [0.2, 0.25) is 0 Å². The van der Waals surface area contributed by atoms with Gasteiger partial charge in [-0.3, -0.25) is 0 Å². The minimum absolute atomic E-state index is 0.0450. The summed E-state index contributed by atoms with van der Waals surface area (Å²) >= 11 is 0. The van der Waals surface area contributed by atoms with E-state index in [9.17, 15) is 8.78 Å². The van der Waals surface area contributed by atoms with Gasteiger partial charge in [0.15, 0.2) is 11.5 Å². The summed E-state index contributed by atoms with van der Waals surface area (Å²) in [7, 11) is 1.40. The second-order valence-corrected chi connectivity index (χ2v) is 4.07. The number of halogens is 2. The van der Waals surface area contributed by atoms with E-state index >= 15 is 0 Å². The van der Waals surface area contributed by atoms with Crippen LogP contribution in [0.1, 0.15) is 17.9 Å². The van der Waals surface area contributed by atoms with Crippen LogP contribution in [0.25, 0.3) is 0 Å². The zero-order valence-corrected chi connectivity index (χ0v) is 9.40. The quantitative estimate of drug-likeness (QED) is 0.864. The Balaban J connectivity index is 2.19. The smallest absolute Gasteiger partial charge is 0.387 e. The van der Waals surface area contributed by atoms with Gasteiger partial charge in [-0.25, -0.2) is 0 Å². The van der Waals surface area contributed by atoms with Gasteiger partial charge in [-0.2, -0.15) is 8.78 Å². The highest BCUT2D eigenvalue weighted by Gasteiger charge is 2.38. The molecule has 0 amide bonds. The Morgan fingerprint density at radius 2 is 2.18 bits per heavy atom. The third-order valence-corrected chi connectivity index (χ3v) is 2.99. The number of alkyl halides is 2. The average Bonchev–Trinajstić information content (AvgIpc) is 3.07. The molecule has 2 rings (SSSR count). The molecule has 1 fully saturated rings. The molecule has 0 heterocycles. The first-order chi connectivity index (χ1) is 8.15. The second-order valence-electron chi connectivity index (χ2n) is 4.07. The molecule has 1 saturated carbocycles. The Labute approximate surface area is 98.0 Å². The largest absolute Gasteiger partial charge is 0.493 e. The summed E-state index contributed by atoms with van der Waals surface area (Å²) in [6, 6.07) is 4.99. The number of aliphatic hydroxyl groups excluding tert-OH is 1. The fourth-order valence-corrected chi connectivity index (χ4v) is 1.97. The highest BCUT2D eigenvalue weighted by atomic mass is 19.3. The number of ether oxygens (including phenoxy) is 2. The van der Waals surface area contributed by atoms with E-state index in [0.717, 1.165) is 12.0 Å². The van der Waals surface area contributed by atoms with Gasteiger partial charge in [0.25, 0.3) is 0 Å². The Morgan fingerprint density at radius 3 is 2.71 bits per heavy atom. The van der Waals surface area contributed by atoms with Gasteiger partial charge in [0.1, 0.15) is 0 Å². The van der Waals surface area contributed by atoms with Gasteiger partial charge in [0.05, 0.1) is 7.11 Å². The molecule has 1 aromatic rings. The summed E-state index contributed by atoms with van der Waals surface area (Å²) in [4.78, 5) is 0. The Bertz CT molecular complexity index is 395. The molecule has 2 unspecified atom stereocenters. The van der Waals surface area contributed by atoms with Gasteiger partial charge in [-0.1, -0.05) is 6.07 Å². The van der Waals surface area contributed by atoms with E-state index in [1.807, 2.05) is 6.07 Å². The summed E-state index contributed by atoms with van der Waals surface area (Å²) in [5.74, 6) is 0.813. The molecule has 1 aromatic carbocycles. The molecule has 1 aliphatic carbocycles. The number of rotatable bonds is 5. The number of benzene rings is 1. The lowest BCUT2D eigenvalue weighted by Crippen LogP contribution is -2.04. The van der Waals surface area contributed by atoms with Crippen LogP contribution in [-0.4, -0.2) is 25.4 Å². The van der Waals surface area contributed by atoms with E-state index < -0.39 is 6.61 Å². The molecule has 94 valence electrons. The molecule has 1 aliphatic rings. The maximum Gasteiger partial charge on any atom is 0.387 e. The molecule has 0 radical (unpaired) electrons. The fraction of sp³-hybridized carbons (Fsp3) is 0.500. The zero-order chi connectivity index (χ0) is 12.4. The van der Waals surface area contributed by atoms with Crippen molar-refractivity contribution in [1.29, 1.82) is 0 Å². The summed E-state index contributed by atoms with van der Waals surface area (Å²) in [6.07, 6.45) is 0.886. The van der Waals surface area contributed by atoms with Crippen molar-refractivity contribution >= 4 is 0 Å². The van der Waals surface area contributed by atoms with Crippen LogP contribution in [0.3, 0.4) is 0 Å². The van der Waals surface area contributed by atoms with Crippen LogP contribution in [0.4, 0.5) is 8.78 Å². The van der Waals surface area contributed by atoms with E-state index in [1.54, 1.807) is 12.1 Å². The lowest BCUT2D eigenvalue weighted by molar-refractivity contribution is -0.0512. The normalized spacial score (nSPS) is 22.6. The first-order valence-corrected chi connectivity index (χ1v) is 5.39. The monoisotopic (exact) mass is 244 g/mol. The van der Waals surface area contributed by atoms with E-state index in [0.29, 0.717) is 0 Å². The van der Waals surface area contributed by atoms with E-state index in [2.05, 4.69) is 4.74 Å².